The number of nitrogens with zero attached hydrogens (tertiary/aromatic N) is 3. The van der Waals surface area contributed by atoms with Gasteiger partial charge in [0.15, 0.2) is 0 Å². The minimum absolute atomic E-state index is 0.00760. The maximum absolute atomic E-state index is 13.3. The Hall–Kier alpha value is -4.00. The Bertz CT molecular complexity index is 1790. The zero-order valence-corrected chi connectivity index (χ0v) is 21.3. The highest BCUT2D eigenvalue weighted by Gasteiger charge is 2.25. The second kappa shape index (κ2) is 9.22. The molecule has 2 aliphatic rings. The lowest BCUT2D eigenvalue weighted by molar-refractivity contribution is 0.601. The summed E-state index contributed by atoms with van der Waals surface area (Å²) >= 11 is 1.32. The molecule has 0 bridgehead atoms. The Morgan fingerprint density at radius 2 is 1.78 bits per heavy atom. The highest BCUT2D eigenvalue weighted by Crippen LogP contribution is 2.40. The van der Waals surface area contributed by atoms with Crippen molar-refractivity contribution in [2.24, 2.45) is 0 Å². The minimum Gasteiger partial charge on any atom is -0.372 e. The van der Waals surface area contributed by atoms with Crippen molar-refractivity contribution < 1.29 is 8.42 Å². The molecule has 1 N–H and O–H groups in total. The van der Waals surface area contributed by atoms with Crippen LogP contribution in [0.2, 0.25) is 0 Å². The number of aromatic nitrogens is 1. The summed E-state index contributed by atoms with van der Waals surface area (Å²) in [6, 6.07) is 20.8. The van der Waals surface area contributed by atoms with Crippen LogP contribution in [-0.2, 0) is 10.0 Å². The summed E-state index contributed by atoms with van der Waals surface area (Å²) in [6.45, 7) is 5.85. The molecule has 0 unspecified atom stereocenters. The molecular weight excluding hydrogens is 492 g/mol. The lowest BCUT2D eigenvalue weighted by atomic mass is 10.00. The smallest absolute Gasteiger partial charge is 0.261 e. The van der Waals surface area contributed by atoms with Crippen LogP contribution in [0.15, 0.2) is 76.4 Å². The molecule has 3 aromatic carbocycles. The van der Waals surface area contributed by atoms with Crippen LogP contribution >= 0.6 is 11.3 Å². The van der Waals surface area contributed by atoms with Crippen LogP contribution in [0.3, 0.4) is 0 Å². The SMILES string of the molecule is CCN(CC)c1ccc2nc3c4c(NS(=O)(=O)c5ccccc5)cccc4c(=O)c(C#N)c-3sc2c1. The van der Waals surface area contributed by atoms with E-state index in [1.54, 1.807) is 36.4 Å². The van der Waals surface area contributed by atoms with Gasteiger partial charge in [-0.15, -0.1) is 11.3 Å². The number of hydrogen-bond donors (Lipinski definition) is 1. The minimum atomic E-state index is -3.91. The van der Waals surface area contributed by atoms with E-state index in [4.69, 9.17) is 4.98 Å². The van der Waals surface area contributed by atoms with E-state index in [1.807, 2.05) is 18.2 Å². The van der Waals surface area contributed by atoms with Crippen LogP contribution in [0, 0.1) is 11.3 Å². The molecule has 1 heterocycles. The highest BCUT2D eigenvalue weighted by atomic mass is 32.2. The molecule has 0 radical (unpaired) electrons. The predicted octanol–water partition coefficient (Wildman–Crippen LogP) is 5.43. The molecule has 0 aromatic heterocycles. The molecule has 1 aliphatic carbocycles. The van der Waals surface area contributed by atoms with Gasteiger partial charge in [0.2, 0.25) is 5.43 Å². The van der Waals surface area contributed by atoms with E-state index in [-0.39, 0.29) is 21.5 Å². The molecule has 36 heavy (non-hydrogen) atoms. The monoisotopic (exact) mass is 514 g/mol. The van der Waals surface area contributed by atoms with E-state index in [1.165, 1.54) is 23.5 Å². The number of anilines is 2. The van der Waals surface area contributed by atoms with E-state index in [2.05, 4.69) is 29.5 Å². The molecule has 7 nitrogen and oxygen atoms in total. The fourth-order valence-corrected chi connectivity index (χ4v) is 6.55. The average Bonchev–Trinajstić information content (AvgIpc) is 2.89. The molecular formula is C27H22N4O3S2. The van der Waals surface area contributed by atoms with Gasteiger partial charge in [0, 0.05) is 29.5 Å². The first kappa shape index (κ1) is 23.7. The van der Waals surface area contributed by atoms with E-state index in [0.29, 0.717) is 21.5 Å². The van der Waals surface area contributed by atoms with Gasteiger partial charge in [-0.05, 0) is 50.2 Å². The predicted molar refractivity (Wildman–Crippen MR) is 146 cm³/mol. The highest BCUT2D eigenvalue weighted by molar-refractivity contribution is 7.92. The molecule has 0 atom stereocenters. The first-order valence-electron chi connectivity index (χ1n) is 11.4. The lowest BCUT2D eigenvalue weighted by Gasteiger charge is -2.21. The topological polar surface area (TPSA) is 103 Å². The first-order chi connectivity index (χ1) is 17.4. The van der Waals surface area contributed by atoms with Crippen molar-refractivity contribution in [3.05, 3.63) is 82.5 Å². The van der Waals surface area contributed by atoms with Gasteiger partial charge in [-0.3, -0.25) is 9.52 Å². The van der Waals surface area contributed by atoms with Crippen molar-refractivity contribution in [1.82, 2.24) is 4.98 Å². The van der Waals surface area contributed by atoms with E-state index in [0.717, 1.165) is 23.5 Å². The fraction of sp³-hybridized carbons (Fsp3) is 0.148. The summed E-state index contributed by atoms with van der Waals surface area (Å²) in [6.07, 6.45) is 0. The summed E-state index contributed by atoms with van der Waals surface area (Å²) in [7, 11) is -3.91. The van der Waals surface area contributed by atoms with Crippen LogP contribution in [-0.4, -0.2) is 26.5 Å². The number of nitrogens with one attached hydrogen (secondary N) is 1. The van der Waals surface area contributed by atoms with E-state index in [9.17, 15) is 18.5 Å². The molecule has 3 aromatic rings. The van der Waals surface area contributed by atoms with Gasteiger partial charge < -0.3 is 4.90 Å². The number of benzene rings is 4. The Morgan fingerprint density at radius 3 is 2.47 bits per heavy atom. The first-order valence-corrected chi connectivity index (χ1v) is 13.7. The van der Waals surface area contributed by atoms with Gasteiger partial charge in [0.25, 0.3) is 10.0 Å². The van der Waals surface area contributed by atoms with Crippen molar-refractivity contribution in [3.63, 3.8) is 0 Å². The van der Waals surface area contributed by atoms with Crippen molar-refractivity contribution >= 4 is 53.7 Å². The molecule has 0 saturated heterocycles. The summed E-state index contributed by atoms with van der Waals surface area (Å²) in [5, 5.41) is 10.5. The Balaban J connectivity index is 1.81. The summed E-state index contributed by atoms with van der Waals surface area (Å²) < 4.78 is 29.7. The second-order valence-corrected chi connectivity index (χ2v) is 10.9. The number of fused-ring (bicyclic) bond motifs is 4. The molecule has 9 heteroatoms. The molecule has 1 aliphatic heterocycles. The molecule has 0 spiro atoms. The number of hydrogen-bond acceptors (Lipinski definition) is 7. The third-order valence-electron chi connectivity index (χ3n) is 6.14. The van der Waals surface area contributed by atoms with Gasteiger partial charge in [-0.2, -0.15) is 5.26 Å². The van der Waals surface area contributed by atoms with Crippen LogP contribution in [0.25, 0.3) is 31.6 Å². The summed E-state index contributed by atoms with van der Waals surface area (Å²) in [4.78, 5) is 20.9. The Morgan fingerprint density at radius 1 is 1.03 bits per heavy atom. The van der Waals surface area contributed by atoms with E-state index >= 15 is 0 Å². The fourth-order valence-electron chi connectivity index (χ4n) is 4.36. The number of sulfonamides is 1. The zero-order chi connectivity index (χ0) is 25.4. The molecule has 0 amide bonds. The second-order valence-electron chi connectivity index (χ2n) is 8.18. The van der Waals surface area contributed by atoms with Crippen LogP contribution in [0.1, 0.15) is 19.4 Å². The van der Waals surface area contributed by atoms with Crippen LogP contribution in [0.5, 0.6) is 0 Å². The van der Waals surface area contributed by atoms with Gasteiger partial charge in [0.1, 0.15) is 11.6 Å². The maximum Gasteiger partial charge on any atom is 0.261 e. The third kappa shape index (κ3) is 3.94. The molecule has 180 valence electrons. The number of nitriles is 1. The summed E-state index contributed by atoms with van der Waals surface area (Å²) in [5.74, 6) is 0. The zero-order valence-electron chi connectivity index (χ0n) is 19.6. The van der Waals surface area contributed by atoms with Crippen molar-refractivity contribution in [2.45, 2.75) is 18.7 Å². The van der Waals surface area contributed by atoms with Gasteiger partial charge in [0.05, 0.1) is 31.4 Å². The van der Waals surface area contributed by atoms with Crippen molar-refractivity contribution in [3.8, 4) is 16.6 Å². The summed E-state index contributed by atoms with van der Waals surface area (Å²) in [5.41, 5.74) is 1.95. The maximum atomic E-state index is 13.3. The quantitative estimate of drug-likeness (QED) is 0.239. The Labute approximate surface area is 212 Å². The Kier molecular flexibility index (Phi) is 6.08. The molecule has 0 saturated carbocycles. The van der Waals surface area contributed by atoms with Crippen molar-refractivity contribution in [1.29, 1.82) is 5.26 Å². The normalized spacial score (nSPS) is 11.6. The lowest BCUT2D eigenvalue weighted by Crippen LogP contribution is -2.21. The van der Waals surface area contributed by atoms with Crippen LogP contribution in [0.4, 0.5) is 11.4 Å². The third-order valence-corrected chi connectivity index (χ3v) is 8.67. The molecule has 5 rings (SSSR count). The average molecular weight is 515 g/mol. The largest absolute Gasteiger partial charge is 0.372 e. The van der Waals surface area contributed by atoms with Gasteiger partial charge in [-0.25, -0.2) is 13.4 Å². The number of rotatable bonds is 6. The van der Waals surface area contributed by atoms with Crippen LogP contribution < -0.4 is 15.1 Å². The van der Waals surface area contributed by atoms with E-state index < -0.39 is 15.5 Å². The van der Waals surface area contributed by atoms with Crippen molar-refractivity contribution in [2.75, 3.05) is 22.7 Å². The standard InChI is InChI=1S/C27H22N4O3S2/c1-3-31(4-2)17-13-14-21-23(15-17)35-27-20(16-28)26(32)19-11-8-12-22(24(19)25(27)29-21)30-36(33,34)18-9-6-5-7-10-18/h5-15,30H,3-4H2,1-2H3. The molecule has 0 fully saturated rings. The van der Waals surface area contributed by atoms with Gasteiger partial charge >= 0.3 is 0 Å². The van der Waals surface area contributed by atoms with Gasteiger partial charge in [-0.1, -0.05) is 30.3 Å².